The molecule has 168 valence electrons. The third kappa shape index (κ3) is 4.10. The van der Waals surface area contributed by atoms with Crippen molar-refractivity contribution in [1.29, 1.82) is 0 Å². The lowest BCUT2D eigenvalue weighted by molar-refractivity contribution is -0.120. The summed E-state index contributed by atoms with van der Waals surface area (Å²) >= 11 is 0. The van der Waals surface area contributed by atoms with Crippen LogP contribution in [0.5, 0.6) is 17.2 Å². The maximum atomic E-state index is 13.5. The van der Waals surface area contributed by atoms with E-state index >= 15 is 0 Å². The molecule has 1 aliphatic heterocycles. The summed E-state index contributed by atoms with van der Waals surface area (Å²) in [6.45, 7) is 0. The average Bonchev–Trinajstić information content (AvgIpc) is 3.08. The van der Waals surface area contributed by atoms with Gasteiger partial charge in [-0.1, -0.05) is 12.1 Å². The smallest absolute Gasteiger partial charge is 0.282 e. The summed E-state index contributed by atoms with van der Waals surface area (Å²) in [6.07, 6.45) is 0. The monoisotopic (exact) mass is 448 g/mol. The van der Waals surface area contributed by atoms with Crippen LogP contribution in [0.15, 0.2) is 72.4 Å². The van der Waals surface area contributed by atoms with Crippen molar-refractivity contribution in [1.82, 2.24) is 0 Å². The molecule has 0 bridgehead atoms. The van der Waals surface area contributed by atoms with Crippen LogP contribution in [0.2, 0.25) is 0 Å². The Hall–Kier alpha value is -4.33. The van der Waals surface area contributed by atoms with Crippen molar-refractivity contribution in [3.8, 4) is 17.2 Å². The van der Waals surface area contributed by atoms with Gasteiger partial charge in [0.2, 0.25) is 0 Å². The number of benzene rings is 3. The van der Waals surface area contributed by atoms with Crippen LogP contribution in [0, 0.1) is 5.82 Å². The van der Waals surface area contributed by atoms with Gasteiger partial charge in [0.1, 0.15) is 17.3 Å². The minimum Gasteiger partial charge on any atom is -0.497 e. The van der Waals surface area contributed by atoms with Crippen LogP contribution >= 0.6 is 0 Å². The number of imide groups is 1. The predicted octanol–water partition coefficient (Wildman–Crippen LogP) is 4.25. The summed E-state index contributed by atoms with van der Waals surface area (Å²) in [4.78, 5) is 28.0. The number of hydrogen-bond donors (Lipinski definition) is 1. The van der Waals surface area contributed by atoms with Crippen molar-refractivity contribution >= 4 is 28.8 Å². The molecule has 0 radical (unpaired) electrons. The fourth-order valence-electron chi connectivity index (χ4n) is 3.55. The number of amides is 2. The maximum absolute atomic E-state index is 13.5. The molecule has 0 saturated carbocycles. The zero-order valence-electron chi connectivity index (χ0n) is 18.2. The largest absolute Gasteiger partial charge is 0.497 e. The summed E-state index contributed by atoms with van der Waals surface area (Å²) in [5.74, 6) is -0.0667. The Morgan fingerprint density at radius 1 is 0.758 bits per heavy atom. The Kier molecular flexibility index (Phi) is 5.99. The van der Waals surface area contributed by atoms with Crippen LogP contribution in [0.3, 0.4) is 0 Å². The molecule has 8 heteroatoms. The Bertz CT molecular complexity index is 1240. The molecular weight excluding hydrogens is 427 g/mol. The molecule has 0 aliphatic carbocycles. The Morgan fingerprint density at radius 3 is 2.03 bits per heavy atom. The van der Waals surface area contributed by atoms with E-state index in [0.717, 1.165) is 4.90 Å². The lowest BCUT2D eigenvalue weighted by atomic mass is 10.0. The highest BCUT2D eigenvalue weighted by molar-refractivity contribution is 6.46. The standard InChI is InChI=1S/C25H21FN2O5/c1-31-19-11-8-17(9-12-19)27-23-22(15-4-6-16(26)7-5-15)24(29)28(25(23)30)18-10-13-20(32-2)21(14-18)33-3/h4-14,27H,1-3H3. The molecule has 3 aromatic carbocycles. The van der Waals surface area contributed by atoms with E-state index in [1.54, 1.807) is 49.6 Å². The van der Waals surface area contributed by atoms with Crippen LogP contribution in [0.25, 0.3) is 5.57 Å². The minimum absolute atomic E-state index is 0.0755. The molecule has 0 atom stereocenters. The first kappa shape index (κ1) is 21.9. The van der Waals surface area contributed by atoms with Crippen LogP contribution in [0.4, 0.5) is 15.8 Å². The molecule has 0 saturated heterocycles. The Morgan fingerprint density at radius 2 is 1.42 bits per heavy atom. The average molecular weight is 448 g/mol. The van der Waals surface area contributed by atoms with Gasteiger partial charge in [0.15, 0.2) is 11.5 Å². The van der Waals surface area contributed by atoms with Gasteiger partial charge in [-0.05, 0) is 54.1 Å². The van der Waals surface area contributed by atoms with Gasteiger partial charge >= 0.3 is 0 Å². The summed E-state index contributed by atoms with van der Waals surface area (Å²) in [5, 5.41) is 3.05. The van der Waals surface area contributed by atoms with Crippen LogP contribution in [-0.4, -0.2) is 33.1 Å². The molecule has 7 nitrogen and oxygen atoms in total. The molecule has 33 heavy (non-hydrogen) atoms. The number of methoxy groups -OCH3 is 3. The van der Waals surface area contributed by atoms with Crippen molar-refractivity contribution in [2.24, 2.45) is 0 Å². The highest BCUT2D eigenvalue weighted by atomic mass is 19.1. The van der Waals surface area contributed by atoms with Crippen molar-refractivity contribution in [2.45, 2.75) is 0 Å². The molecule has 2 amide bonds. The first-order chi connectivity index (χ1) is 16.0. The van der Waals surface area contributed by atoms with Crippen LogP contribution in [-0.2, 0) is 9.59 Å². The van der Waals surface area contributed by atoms with E-state index in [0.29, 0.717) is 34.2 Å². The van der Waals surface area contributed by atoms with Gasteiger partial charge in [-0.15, -0.1) is 0 Å². The first-order valence-corrected chi connectivity index (χ1v) is 9.99. The lowest BCUT2D eigenvalue weighted by Gasteiger charge is -2.17. The van der Waals surface area contributed by atoms with Crippen LogP contribution < -0.4 is 24.4 Å². The minimum atomic E-state index is -0.553. The second-order valence-corrected chi connectivity index (χ2v) is 7.10. The topological polar surface area (TPSA) is 77.1 Å². The number of anilines is 2. The Balaban J connectivity index is 1.79. The fraction of sp³-hybridized carbons (Fsp3) is 0.120. The molecule has 1 heterocycles. The molecular formula is C25H21FN2O5. The van der Waals surface area contributed by atoms with Crippen molar-refractivity contribution in [3.63, 3.8) is 0 Å². The normalized spacial score (nSPS) is 13.4. The summed E-state index contributed by atoms with van der Waals surface area (Å²) in [7, 11) is 4.51. The third-order valence-corrected chi connectivity index (χ3v) is 5.20. The second-order valence-electron chi connectivity index (χ2n) is 7.10. The molecule has 0 spiro atoms. The number of ether oxygens (including phenoxy) is 3. The Labute approximate surface area is 190 Å². The van der Waals surface area contributed by atoms with E-state index in [-0.39, 0.29) is 11.3 Å². The number of carbonyl (C=O) groups is 2. The second kappa shape index (κ2) is 9.04. The van der Waals surface area contributed by atoms with Gasteiger partial charge in [-0.25, -0.2) is 9.29 Å². The first-order valence-electron chi connectivity index (χ1n) is 9.99. The van der Waals surface area contributed by atoms with Crippen molar-refractivity contribution < 1.29 is 28.2 Å². The van der Waals surface area contributed by atoms with E-state index in [1.165, 1.54) is 38.5 Å². The molecule has 3 aromatic rings. The van der Waals surface area contributed by atoms with Gasteiger partial charge in [0.25, 0.3) is 11.8 Å². The number of nitrogens with one attached hydrogen (secondary N) is 1. The molecule has 0 aromatic heterocycles. The highest BCUT2D eigenvalue weighted by Crippen LogP contribution is 2.37. The number of halogens is 1. The predicted molar refractivity (Wildman–Crippen MR) is 122 cm³/mol. The van der Waals surface area contributed by atoms with Gasteiger partial charge < -0.3 is 19.5 Å². The highest BCUT2D eigenvalue weighted by Gasteiger charge is 2.40. The van der Waals surface area contributed by atoms with E-state index in [1.807, 2.05) is 0 Å². The van der Waals surface area contributed by atoms with Crippen molar-refractivity contribution in [2.75, 3.05) is 31.5 Å². The fourth-order valence-corrected chi connectivity index (χ4v) is 3.55. The van der Waals surface area contributed by atoms with Crippen LogP contribution in [0.1, 0.15) is 5.56 Å². The molecule has 1 aliphatic rings. The van der Waals surface area contributed by atoms with Gasteiger partial charge in [-0.2, -0.15) is 0 Å². The quantitative estimate of drug-likeness (QED) is 0.545. The van der Waals surface area contributed by atoms with Crippen molar-refractivity contribution in [3.05, 3.63) is 83.8 Å². The summed E-state index contributed by atoms with van der Waals surface area (Å²) < 4.78 is 29.3. The lowest BCUT2D eigenvalue weighted by Crippen LogP contribution is -2.32. The van der Waals surface area contributed by atoms with E-state index in [2.05, 4.69) is 5.32 Å². The zero-order chi connectivity index (χ0) is 23.5. The molecule has 0 fully saturated rings. The summed E-state index contributed by atoms with van der Waals surface area (Å²) in [6, 6.07) is 17.1. The molecule has 4 rings (SSSR count). The van der Waals surface area contributed by atoms with Gasteiger partial charge in [0.05, 0.1) is 32.6 Å². The number of carbonyl (C=O) groups excluding carboxylic acids is 2. The van der Waals surface area contributed by atoms with E-state index in [9.17, 15) is 14.0 Å². The third-order valence-electron chi connectivity index (χ3n) is 5.20. The van der Waals surface area contributed by atoms with E-state index < -0.39 is 17.6 Å². The molecule has 0 unspecified atom stereocenters. The van der Waals surface area contributed by atoms with Gasteiger partial charge in [-0.3, -0.25) is 9.59 Å². The van der Waals surface area contributed by atoms with E-state index in [4.69, 9.17) is 14.2 Å². The van der Waals surface area contributed by atoms with Gasteiger partial charge in [0, 0.05) is 11.8 Å². The zero-order valence-corrected chi connectivity index (χ0v) is 18.2. The molecule has 1 N–H and O–H groups in total. The maximum Gasteiger partial charge on any atom is 0.282 e. The summed E-state index contributed by atoms with van der Waals surface area (Å²) in [5.41, 5.74) is 1.51. The SMILES string of the molecule is COc1ccc(NC2=C(c3ccc(F)cc3)C(=O)N(c3ccc(OC)c(OC)c3)C2=O)cc1. The number of rotatable bonds is 7. The number of nitrogens with zero attached hydrogens (tertiary/aromatic N) is 1. The number of hydrogen-bond acceptors (Lipinski definition) is 6.